The average Bonchev–Trinajstić information content (AvgIpc) is 3.02. The molecule has 0 radical (unpaired) electrons. The third-order valence-corrected chi connectivity index (χ3v) is 5.67. The number of carbonyl (C=O) groups excluding carboxylic acids is 3. The molecule has 33 heavy (non-hydrogen) atoms. The van der Waals surface area contributed by atoms with Crippen LogP contribution in [0.25, 0.3) is 10.8 Å². The van der Waals surface area contributed by atoms with Gasteiger partial charge in [0, 0.05) is 13.0 Å². The smallest absolute Gasteiger partial charge is 0.320 e. The van der Waals surface area contributed by atoms with Gasteiger partial charge in [0.1, 0.15) is 6.04 Å². The van der Waals surface area contributed by atoms with Crippen LogP contribution in [0.15, 0.2) is 36.4 Å². The number of carboxylic acids is 1. The molecule has 9 nitrogen and oxygen atoms in total. The molecule has 176 valence electrons. The fourth-order valence-electron chi connectivity index (χ4n) is 3.87. The maximum absolute atomic E-state index is 12.8. The van der Waals surface area contributed by atoms with E-state index in [1.165, 1.54) is 0 Å². The van der Waals surface area contributed by atoms with Gasteiger partial charge in [0.25, 0.3) is 11.8 Å². The van der Waals surface area contributed by atoms with Gasteiger partial charge in [-0.25, -0.2) is 5.48 Å². The first kappa shape index (κ1) is 24.3. The number of nitrogens with one attached hydrogen (secondary N) is 2. The highest BCUT2D eigenvalue weighted by Gasteiger charge is 2.36. The zero-order chi connectivity index (χ0) is 24.0. The number of hydrogen-bond acceptors (Lipinski definition) is 6. The Hall–Kier alpha value is -3.30. The first-order valence-electron chi connectivity index (χ1n) is 11.1. The highest BCUT2D eigenvalue weighted by molar-refractivity contribution is 6.23. The molecule has 1 heterocycles. The van der Waals surface area contributed by atoms with Gasteiger partial charge in [0.15, 0.2) is 0 Å². The first-order valence-corrected chi connectivity index (χ1v) is 11.1. The van der Waals surface area contributed by atoms with Gasteiger partial charge < -0.3 is 10.4 Å². The molecule has 0 saturated carbocycles. The molecule has 3 amide bonds. The second-order valence-electron chi connectivity index (χ2n) is 8.20. The van der Waals surface area contributed by atoms with E-state index in [1.54, 1.807) is 19.1 Å². The Morgan fingerprint density at radius 3 is 2.21 bits per heavy atom. The van der Waals surface area contributed by atoms with Crippen molar-refractivity contribution in [3.8, 4) is 0 Å². The minimum atomic E-state index is -1.06. The van der Waals surface area contributed by atoms with Crippen molar-refractivity contribution >= 4 is 34.5 Å². The molecule has 0 aromatic heterocycles. The molecule has 0 aliphatic carbocycles. The van der Waals surface area contributed by atoms with Gasteiger partial charge in [-0.2, -0.15) is 0 Å². The van der Waals surface area contributed by atoms with Gasteiger partial charge in [-0.05, 0) is 55.1 Å². The van der Waals surface area contributed by atoms with E-state index in [-0.39, 0.29) is 31.2 Å². The molecule has 3 rings (SSSR count). The Bertz CT molecular complexity index is 999. The molecule has 0 bridgehead atoms. The largest absolute Gasteiger partial charge is 0.480 e. The number of nitrogens with zero attached hydrogens (tertiary/aromatic N) is 1. The molecule has 2 atom stereocenters. The van der Waals surface area contributed by atoms with Crippen LogP contribution in [0.3, 0.4) is 0 Å². The number of hydrogen-bond donors (Lipinski definition) is 3. The van der Waals surface area contributed by atoms with Crippen LogP contribution in [-0.4, -0.2) is 59.4 Å². The van der Waals surface area contributed by atoms with Crippen molar-refractivity contribution in [3.05, 3.63) is 47.5 Å². The van der Waals surface area contributed by atoms with Crippen molar-refractivity contribution in [2.45, 2.75) is 39.2 Å². The van der Waals surface area contributed by atoms with E-state index < -0.39 is 23.8 Å². The number of rotatable bonds is 12. The van der Waals surface area contributed by atoms with Crippen molar-refractivity contribution in [1.82, 2.24) is 15.7 Å². The van der Waals surface area contributed by atoms with E-state index in [0.29, 0.717) is 30.7 Å². The lowest BCUT2D eigenvalue weighted by Crippen LogP contribution is -2.42. The van der Waals surface area contributed by atoms with Crippen LogP contribution in [-0.2, 0) is 14.4 Å². The monoisotopic (exact) mass is 455 g/mol. The third kappa shape index (κ3) is 5.94. The summed E-state index contributed by atoms with van der Waals surface area (Å²) in [4.78, 5) is 54.9. The van der Waals surface area contributed by atoms with Crippen LogP contribution >= 0.6 is 0 Å². The topological polar surface area (TPSA) is 125 Å². The van der Waals surface area contributed by atoms with Gasteiger partial charge in [-0.15, -0.1) is 0 Å². The summed E-state index contributed by atoms with van der Waals surface area (Å²) >= 11 is 0. The van der Waals surface area contributed by atoms with Crippen LogP contribution in [0.4, 0.5) is 0 Å². The van der Waals surface area contributed by atoms with E-state index in [2.05, 4.69) is 10.8 Å². The lowest BCUT2D eigenvalue weighted by Gasteiger charge is -2.19. The van der Waals surface area contributed by atoms with Crippen LogP contribution in [0.5, 0.6) is 0 Å². The molecule has 9 heteroatoms. The quantitative estimate of drug-likeness (QED) is 0.331. The summed E-state index contributed by atoms with van der Waals surface area (Å²) in [7, 11) is 0. The molecule has 0 saturated heterocycles. The minimum Gasteiger partial charge on any atom is -0.480 e. The summed E-state index contributed by atoms with van der Waals surface area (Å²) in [6.45, 7) is 4.42. The van der Waals surface area contributed by atoms with Gasteiger partial charge in [-0.3, -0.25) is 28.9 Å². The number of aliphatic carboxylic acids is 1. The summed E-state index contributed by atoms with van der Waals surface area (Å²) in [5, 5.41) is 14.3. The van der Waals surface area contributed by atoms with Gasteiger partial charge in [0.2, 0.25) is 5.91 Å². The van der Waals surface area contributed by atoms with Crippen LogP contribution < -0.4 is 10.8 Å². The summed E-state index contributed by atoms with van der Waals surface area (Å²) in [5.41, 5.74) is 3.03. The molecule has 2 aromatic carbocycles. The minimum absolute atomic E-state index is 0.00102. The molecule has 1 aliphatic heterocycles. The molecule has 3 N–H and O–H groups in total. The van der Waals surface area contributed by atoms with Crippen LogP contribution in [0, 0.1) is 5.92 Å². The highest BCUT2D eigenvalue weighted by Crippen LogP contribution is 2.28. The van der Waals surface area contributed by atoms with E-state index in [0.717, 1.165) is 15.7 Å². The predicted octanol–water partition coefficient (Wildman–Crippen LogP) is 2.35. The number of imide groups is 1. The Morgan fingerprint density at radius 2 is 1.67 bits per heavy atom. The Kier molecular flexibility index (Phi) is 8.13. The molecule has 2 aromatic rings. The maximum Gasteiger partial charge on any atom is 0.320 e. The highest BCUT2D eigenvalue weighted by atomic mass is 16.6. The SMILES string of the molecule is CCONC(=O)C[C@@H](C)CCN[C@H](CCN1C(=O)c2cc3ccccc3cc2C1=O)C(=O)O. The number of benzene rings is 2. The first-order chi connectivity index (χ1) is 15.8. The maximum atomic E-state index is 12.8. The summed E-state index contributed by atoms with van der Waals surface area (Å²) in [6.07, 6.45) is 0.936. The number of hydroxylamine groups is 1. The summed E-state index contributed by atoms with van der Waals surface area (Å²) < 4.78 is 0. The second kappa shape index (κ2) is 11.0. The Balaban J connectivity index is 1.54. The number of carboxylic acid groups (broad SMARTS) is 1. The van der Waals surface area contributed by atoms with Crippen molar-refractivity contribution in [3.63, 3.8) is 0 Å². The normalized spacial score (nSPS) is 14.9. The average molecular weight is 456 g/mol. The summed E-state index contributed by atoms with van der Waals surface area (Å²) in [5.74, 6) is -2.06. The fourth-order valence-corrected chi connectivity index (χ4v) is 3.87. The van der Waals surface area contributed by atoms with Gasteiger partial charge in [0.05, 0.1) is 17.7 Å². The lowest BCUT2D eigenvalue weighted by atomic mass is 10.0. The second-order valence-corrected chi connectivity index (χ2v) is 8.20. The Labute approximate surface area is 192 Å². The van der Waals surface area contributed by atoms with Crippen molar-refractivity contribution < 1.29 is 29.1 Å². The molecular formula is C24H29N3O6. The van der Waals surface area contributed by atoms with Gasteiger partial charge >= 0.3 is 5.97 Å². The fraction of sp³-hybridized carbons (Fsp3) is 0.417. The molecule has 0 unspecified atom stereocenters. The molecular weight excluding hydrogens is 426 g/mol. The Morgan fingerprint density at radius 1 is 1.06 bits per heavy atom. The van der Waals surface area contributed by atoms with Gasteiger partial charge in [-0.1, -0.05) is 31.2 Å². The van der Waals surface area contributed by atoms with Crippen LogP contribution in [0.1, 0.15) is 53.8 Å². The van der Waals surface area contributed by atoms with E-state index >= 15 is 0 Å². The van der Waals surface area contributed by atoms with E-state index in [1.807, 2.05) is 31.2 Å². The third-order valence-electron chi connectivity index (χ3n) is 5.67. The lowest BCUT2D eigenvalue weighted by molar-refractivity contribution is -0.140. The standard InChI is InChI=1S/C24H29N3O6/c1-3-33-26-21(28)12-15(2)8-10-25-20(24(31)32)9-11-27-22(29)18-13-16-6-4-5-7-17(16)14-19(18)23(27)30/h4-7,13-15,20,25H,3,8-12H2,1-2H3,(H,26,28)(H,31,32)/t15-,20+/m0/s1. The van der Waals surface area contributed by atoms with E-state index in [9.17, 15) is 24.3 Å². The number of carbonyl (C=O) groups is 4. The molecule has 0 fully saturated rings. The summed E-state index contributed by atoms with van der Waals surface area (Å²) in [6, 6.07) is 9.98. The van der Waals surface area contributed by atoms with Crippen molar-refractivity contribution in [1.29, 1.82) is 0 Å². The van der Waals surface area contributed by atoms with Crippen molar-refractivity contribution in [2.75, 3.05) is 19.7 Å². The molecule has 0 spiro atoms. The predicted molar refractivity (Wildman–Crippen MR) is 122 cm³/mol. The number of fused-ring (bicyclic) bond motifs is 2. The zero-order valence-electron chi connectivity index (χ0n) is 18.8. The van der Waals surface area contributed by atoms with Crippen molar-refractivity contribution in [2.24, 2.45) is 5.92 Å². The van der Waals surface area contributed by atoms with E-state index in [4.69, 9.17) is 4.84 Å². The number of amides is 3. The zero-order valence-corrected chi connectivity index (χ0v) is 18.8. The van der Waals surface area contributed by atoms with Crippen LogP contribution in [0.2, 0.25) is 0 Å². The molecule has 1 aliphatic rings.